The molecule has 0 saturated heterocycles. The van der Waals surface area contributed by atoms with Crippen LogP contribution in [0.15, 0.2) is 24.3 Å². The van der Waals surface area contributed by atoms with Crippen molar-refractivity contribution >= 4 is 28.2 Å². The minimum atomic E-state index is -1.23. The van der Waals surface area contributed by atoms with Gasteiger partial charge in [0, 0.05) is 16.0 Å². The molecule has 1 aromatic carbocycles. The Bertz CT molecular complexity index is 749. The summed E-state index contributed by atoms with van der Waals surface area (Å²) in [5.74, 6) is -0.910. The van der Waals surface area contributed by atoms with Crippen molar-refractivity contribution in [2.45, 2.75) is 25.7 Å². The lowest BCUT2D eigenvalue weighted by Gasteiger charge is -2.13. The number of carboxylic acid groups (broad SMARTS) is 1. The molecule has 0 aliphatic heterocycles. The van der Waals surface area contributed by atoms with E-state index < -0.39 is 5.97 Å². The first-order valence-electron chi connectivity index (χ1n) is 7.41. The summed E-state index contributed by atoms with van der Waals surface area (Å²) >= 11 is 1.34. The highest BCUT2D eigenvalue weighted by Crippen LogP contribution is 2.38. The molecule has 1 aromatic heterocycles. The Morgan fingerprint density at radius 3 is 2.52 bits per heavy atom. The molecule has 0 saturated carbocycles. The number of ether oxygens (including phenoxy) is 1. The van der Waals surface area contributed by atoms with Crippen LogP contribution in [0.5, 0.6) is 5.75 Å². The number of benzene rings is 1. The number of amides is 1. The second kappa shape index (κ2) is 6.42. The van der Waals surface area contributed by atoms with Crippen LogP contribution in [0.25, 0.3) is 0 Å². The molecular formula is C17H16NO4S-. The first-order valence-corrected chi connectivity index (χ1v) is 8.23. The predicted octanol–water partition coefficient (Wildman–Crippen LogP) is 2.25. The number of carboxylic acids is 1. The van der Waals surface area contributed by atoms with Gasteiger partial charge in [-0.25, -0.2) is 0 Å². The lowest BCUT2D eigenvalue weighted by molar-refractivity contribution is -0.254. The number of carbonyl (C=O) groups is 2. The first-order chi connectivity index (χ1) is 11.1. The van der Waals surface area contributed by atoms with Crippen LogP contribution in [0, 0.1) is 0 Å². The zero-order valence-corrected chi connectivity index (χ0v) is 13.5. The summed E-state index contributed by atoms with van der Waals surface area (Å²) in [5, 5.41) is 14.6. The number of anilines is 1. The van der Waals surface area contributed by atoms with Crippen molar-refractivity contribution in [2.75, 3.05) is 12.4 Å². The number of hydrogen-bond acceptors (Lipinski definition) is 5. The minimum Gasteiger partial charge on any atom is -0.545 e. The molecule has 0 spiro atoms. The number of thiophene rings is 1. The molecule has 0 atom stereocenters. The molecular weight excluding hydrogens is 314 g/mol. The predicted molar refractivity (Wildman–Crippen MR) is 86.2 cm³/mol. The second-order valence-electron chi connectivity index (χ2n) is 5.39. The van der Waals surface area contributed by atoms with Gasteiger partial charge in [0.25, 0.3) is 5.91 Å². The van der Waals surface area contributed by atoms with Crippen molar-refractivity contribution in [3.63, 3.8) is 0 Å². The summed E-state index contributed by atoms with van der Waals surface area (Å²) in [6.45, 7) is 0. The van der Waals surface area contributed by atoms with Crippen molar-refractivity contribution in [1.82, 2.24) is 0 Å². The highest BCUT2D eigenvalue weighted by Gasteiger charge is 2.22. The molecule has 120 valence electrons. The van der Waals surface area contributed by atoms with E-state index in [1.165, 1.54) is 11.3 Å². The second-order valence-corrected chi connectivity index (χ2v) is 6.49. The number of rotatable bonds is 4. The van der Waals surface area contributed by atoms with Gasteiger partial charge in [0.1, 0.15) is 10.8 Å². The van der Waals surface area contributed by atoms with E-state index in [0.717, 1.165) is 36.1 Å². The zero-order valence-electron chi connectivity index (χ0n) is 12.7. The number of hydrogen-bond donors (Lipinski definition) is 1. The summed E-state index contributed by atoms with van der Waals surface area (Å²) in [6, 6.07) is 6.66. The van der Waals surface area contributed by atoms with Crippen LogP contribution in [-0.2, 0) is 12.8 Å². The lowest BCUT2D eigenvalue weighted by Crippen LogP contribution is -2.25. The van der Waals surface area contributed by atoms with Crippen LogP contribution in [-0.4, -0.2) is 19.0 Å². The van der Waals surface area contributed by atoms with Crippen molar-refractivity contribution in [3.05, 3.63) is 45.8 Å². The monoisotopic (exact) mass is 330 g/mol. The maximum Gasteiger partial charge on any atom is 0.256 e. The summed E-state index contributed by atoms with van der Waals surface area (Å²) < 4.78 is 5.06. The van der Waals surface area contributed by atoms with Crippen LogP contribution >= 0.6 is 11.3 Å². The van der Waals surface area contributed by atoms with Crippen LogP contribution in [0.2, 0.25) is 0 Å². The average Bonchev–Trinajstić information content (AvgIpc) is 2.92. The van der Waals surface area contributed by atoms with Gasteiger partial charge in [-0.3, -0.25) is 4.79 Å². The van der Waals surface area contributed by atoms with Gasteiger partial charge in [-0.05, 0) is 55.5 Å². The van der Waals surface area contributed by atoms with Crippen molar-refractivity contribution in [2.24, 2.45) is 0 Å². The molecule has 3 rings (SSSR count). The number of methoxy groups -OCH3 is 1. The van der Waals surface area contributed by atoms with Crippen molar-refractivity contribution in [3.8, 4) is 5.75 Å². The molecule has 1 heterocycles. The van der Waals surface area contributed by atoms with Gasteiger partial charge < -0.3 is 20.0 Å². The van der Waals surface area contributed by atoms with Crippen molar-refractivity contribution in [1.29, 1.82) is 0 Å². The van der Waals surface area contributed by atoms with E-state index in [1.54, 1.807) is 31.4 Å². The van der Waals surface area contributed by atoms with Crippen LogP contribution in [0.3, 0.4) is 0 Å². The number of fused-ring (bicyclic) bond motifs is 1. The quantitative estimate of drug-likeness (QED) is 0.932. The summed E-state index contributed by atoms with van der Waals surface area (Å²) in [5.41, 5.74) is 1.42. The Kier molecular flexibility index (Phi) is 4.34. The largest absolute Gasteiger partial charge is 0.545 e. The number of aromatic carboxylic acids is 1. The highest BCUT2D eigenvalue weighted by atomic mass is 32.1. The smallest absolute Gasteiger partial charge is 0.256 e. The third kappa shape index (κ3) is 3.07. The molecule has 0 bridgehead atoms. The third-order valence-electron chi connectivity index (χ3n) is 3.95. The molecule has 1 aliphatic rings. The number of carbonyl (C=O) groups excluding carboxylic acids is 2. The van der Waals surface area contributed by atoms with Crippen LogP contribution in [0.4, 0.5) is 5.00 Å². The van der Waals surface area contributed by atoms with Gasteiger partial charge >= 0.3 is 0 Å². The first kappa shape index (κ1) is 15.6. The standard InChI is InChI=1S/C17H17NO4S/c1-22-11-8-6-10(7-9-11)15(19)18-16-14(17(20)21)12-4-2-3-5-13(12)23-16/h6-9H,2-5H2,1H3,(H,18,19)(H,20,21)/p-1. The molecule has 5 nitrogen and oxygen atoms in total. The topological polar surface area (TPSA) is 78.5 Å². The molecule has 1 aliphatic carbocycles. The van der Waals surface area contributed by atoms with Gasteiger partial charge in [-0.2, -0.15) is 0 Å². The molecule has 23 heavy (non-hydrogen) atoms. The SMILES string of the molecule is COc1ccc(C(=O)Nc2sc3c(c2C(=O)[O-])CCCC3)cc1. The Morgan fingerprint density at radius 1 is 1.17 bits per heavy atom. The number of aryl methyl sites for hydroxylation is 1. The fourth-order valence-corrected chi connectivity index (χ4v) is 4.06. The Balaban J connectivity index is 1.88. The molecule has 0 unspecified atom stereocenters. The molecule has 1 amide bonds. The average molecular weight is 330 g/mol. The van der Waals surface area contributed by atoms with Gasteiger partial charge in [-0.1, -0.05) is 0 Å². The van der Waals surface area contributed by atoms with E-state index in [1.807, 2.05) is 0 Å². The minimum absolute atomic E-state index is 0.145. The summed E-state index contributed by atoms with van der Waals surface area (Å²) in [6.07, 6.45) is 3.61. The molecule has 2 aromatic rings. The van der Waals surface area contributed by atoms with Gasteiger partial charge in [0.05, 0.1) is 13.1 Å². The van der Waals surface area contributed by atoms with E-state index in [9.17, 15) is 14.7 Å². The van der Waals surface area contributed by atoms with E-state index in [0.29, 0.717) is 16.3 Å². The Labute approximate surface area is 137 Å². The molecule has 0 radical (unpaired) electrons. The molecule has 6 heteroatoms. The van der Waals surface area contributed by atoms with Gasteiger partial charge in [-0.15, -0.1) is 11.3 Å². The maximum absolute atomic E-state index is 12.3. The van der Waals surface area contributed by atoms with Gasteiger partial charge in [0.2, 0.25) is 0 Å². The molecule has 0 fully saturated rings. The normalized spacial score (nSPS) is 13.3. The fourth-order valence-electron chi connectivity index (χ4n) is 2.79. The fraction of sp³-hybridized carbons (Fsp3) is 0.294. The third-order valence-corrected chi connectivity index (χ3v) is 5.16. The van der Waals surface area contributed by atoms with Crippen molar-refractivity contribution < 1.29 is 19.4 Å². The molecule has 1 N–H and O–H groups in total. The van der Waals surface area contributed by atoms with Crippen LogP contribution < -0.4 is 15.2 Å². The maximum atomic E-state index is 12.3. The highest BCUT2D eigenvalue weighted by molar-refractivity contribution is 7.17. The zero-order chi connectivity index (χ0) is 16.4. The Morgan fingerprint density at radius 2 is 1.87 bits per heavy atom. The summed E-state index contributed by atoms with van der Waals surface area (Å²) in [7, 11) is 1.55. The van der Waals surface area contributed by atoms with E-state index in [-0.39, 0.29) is 11.5 Å². The lowest BCUT2D eigenvalue weighted by atomic mass is 9.95. The van der Waals surface area contributed by atoms with E-state index >= 15 is 0 Å². The van der Waals surface area contributed by atoms with E-state index in [4.69, 9.17) is 4.74 Å². The van der Waals surface area contributed by atoms with Gasteiger partial charge in [0.15, 0.2) is 0 Å². The van der Waals surface area contributed by atoms with Crippen LogP contribution in [0.1, 0.15) is 44.0 Å². The van der Waals surface area contributed by atoms with E-state index in [2.05, 4.69) is 5.32 Å². The Hall–Kier alpha value is -2.34. The summed E-state index contributed by atoms with van der Waals surface area (Å²) in [4.78, 5) is 24.9. The number of nitrogens with one attached hydrogen (secondary N) is 1.